The molecule has 27 heavy (non-hydrogen) atoms. The molecule has 3 aromatic carbocycles. The van der Waals surface area contributed by atoms with E-state index in [9.17, 15) is 0 Å². The van der Waals surface area contributed by atoms with Gasteiger partial charge >= 0.3 is 0 Å². The van der Waals surface area contributed by atoms with Crippen molar-refractivity contribution < 1.29 is 4.74 Å². The van der Waals surface area contributed by atoms with E-state index in [1.165, 1.54) is 5.56 Å². The molecule has 0 aliphatic rings. The van der Waals surface area contributed by atoms with Crippen molar-refractivity contribution in [2.45, 2.75) is 13.0 Å². The summed E-state index contributed by atoms with van der Waals surface area (Å²) in [7, 11) is 0. The highest BCUT2D eigenvalue weighted by Gasteiger charge is 2.07. The zero-order valence-electron chi connectivity index (χ0n) is 14.6. The van der Waals surface area contributed by atoms with E-state index >= 15 is 0 Å². The molecule has 0 bridgehead atoms. The Morgan fingerprint density at radius 1 is 0.889 bits per heavy atom. The molecule has 0 aromatic heterocycles. The van der Waals surface area contributed by atoms with Crippen LogP contribution in [0.3, 0.4) is 0 Å². The Balaban J connectivity index is 1.53. The molecule has 0 unspecified atom stereocenters. The van der Waals surface area contributed by atoms with Crippen LogP contribution in [0.2, 0.25) is 10.0 Å². The molecular weight excluding hydrogens is 397 g/mol. The Hall–Kier alpha value is -2.07. The molecule has 0 radical (unpaired) electrons. The van der Waals surface area contributed by atoms with E-state index in [0.717, 1.165) is 24.1 Å². The molecule has 0 aliphatic heterocycles. The van der Waals surface area contributed by atoms with Crippen LogP contribution in [0.25, 0.3) is 0 Å². The molecule has 3 aromatic rings. The Bertz CT molecular complexity index is 898. The summed E-state index contributed by atoms with van der Waals surface area (Å²) in [6, 6.07) is 23.4. The number of nitrogens with one attached hydrogen (secondary N) is 1. The maximum atomic E-state index is 6.36. The van der Waals surface area contributed by atoms with Crippen LogP contribution >= 0.6 is 35.4 Å². The fourth-order valence-corrected chi connectivity index (χ4v) is 3.16. The first kappa shape index (κ1) is 19.7. The number of hydrogen-bond acceptors (Lipinski definition) is 2. The third kappa shape index (κ3) is 5.96. The van der Waals surface area contributed by atoms with Crippen molar-refractivity contribution in [3.63, 3.8) is 0 Å². The summed E-state index contributed by atoms with van der Waals surface area (Å²) >= 11 is 17.7. The lowest BCUT2D eigenvalue weighted by Gasteiger charge is -2.12. The molecule has 0 fully saturated rings. The minimum Gasteiger partial charge on any atom is -0.487 e. The van der Waals surface area contributed by atoms with Gasteiger partial charge in [-0.2, -0.15) is 0 Å². The lowest BCUT2D eigenvalue weighted by molar-refractivity contribution is 0.306. The van der Waals surface area contributed by atoms with Crippen LogP contribution in [0.1, 0.15) is 16.7 Å². The highest BCUT2D eigenvalue weighted by atomic mass is 35.5. The van der Waals surface area contributed by atoms with Gasteiger partial charge in [-0.3, -0.25) is 0 Å². The standard InChI is InChI=1S/C22H19Cl2NOS/c23-19-9-6-17(7-10-19)15-26-21-11-8-18(14-20(21)24)22(27)25-13-12-16-4-2-1-3-5-16/h1-11,14H,12-13,15H2,(H,25,27). The predicted molar refractivity (Wildman–Crippen MR) is 117 cm³/mol. The molecule has 0 amide bonds. The second-order valence-electron chi connectivity index (χ2n) is 6.05. The van der Waals surface area contributed by atoms with Crippen molar-refractivity contribution in [1.29, 1.82) is 0 Å². The summed E-state index contributed by atoms with van der Waals surface area (Å²) in [6.07, 6.45) is 0.914. The molecule has 0 saturated carbocycles. The van der Waals surface area contributed by atoms with E-state index in [4.69, 9.17) is 40.2 Å². The SMILES string of the molecule is S=C(NCCc1ccccc1)c1ccc(OCc2ccc(Cl)cc2)c(Cl)c1. The molecule has 0 atom stereocenters. The molecule has 0 saturated heterocycles. The topological polar surface area (TPSA) is 21.3 Å². The average molecular weight is 416 g/mol. The molecular formula is C22H19Cl2NOS. The first-order valence-corrected chi connectivity index (χ1v) is 9.77. The Labute approximate surface area is 175 Å². The van der Waals surface area contributed by atoms with Crippen molar-refractivity contribution in [2.24, 2.45) is 0 Å². The van der Waals surface area contributed by atoms with Gasteiger partial charge < -0.3 is 10.1 Å². The van der Waals surface area contributed by atoms with Crippen LogP contribution < -0.4 is 10.1 Å². The zero-order valence-corrected chi connectivity index (χ0v) is 17.0. The average Bonchev–Trinajstić information content (AvgIpc) is 2.69. The highest BCUT2D eigenvalue weighted by Crippen LogP contribution is 2.26. The van der Waals surface area contributed by atoms with Gasteiger partial charge in [-0.05, 0) is 47.9 Å². The molecule has 138 valence electrons. The van der Waals surface area contributed by atoms with Gasteiger partial charge in [-0.25, -0.2) is 0 Å². The van der Waals surface area contributed by atoms with Gasteiger partial charge in [-0.1, -0.05) is 77.9 Å². The molecule has 0 heterocycles. The van der Waals surface area contributed by atoms with E-state index in [1.54, 1.807) is 0 Å². The first-order chi connectivity index (χ1) is 13.1. The number of halogens is 2. The number of ether oxygens (including phenoxy) is 1. The van der Waals surface area contributed by atoms with E-state index in [1.807, 2.05) is 60.7 Å². The number of benzene rings is 3. The molecule has 5 heteroatoms. The highest BCUT2D eigenvalue weighted by molar-refractivity contribution is 7.80. The summed E-state index contributed by atoms with van der Waals surface area (Å²) in [5, 5.41) is 4.52. The van der Waals surface area contributed by atoms with Gasteiger partial charge in [0, 0.05) is 17.1 Å². The Morgan fingerprint density at radius 2 is 1.63 bits per heavy atom. The summed E-state index contributed by atoms with van der Waals surface area (Å²) in [4.78, 5) is 0.678. The van der Waals surface area contributed by atoms with E-state index < -0.39 is 0 Å². The van der Waals surface area contributed by atoms with Crippen LogP contribution in [0.15, 0.2) is 72.8 Å². The second-order valence-corrected chi connectivity index (χ2v) is 7.30. The number of rotatable bonds is 7. The summed E-state index contributed by atoms with van der Waals surface area (Å²) in [6.45, 7) is 1.20. The molecule has 0 aliphatic carbocycles. The normalized spacial score (nSPS) is 10.4. The second kappa shape index (κ2) is 9.75. The third-order valence-electron chi connectivity index (χ3n) is 4.04. The Kier molecular flexibility index (Phi) is 7.11. The molecule has 0 spiro atoms. The van der Waals surface area contributed by atoms with Crippen molar-refractivity contribution in [1.82, 2.24) is 5.32 Å². The summed E-state index contributed by atoms with van der Waals surface area (Å²) in [5.41, 5.74) is 3.18. The van der Waals surface area contributed by atoms with Crippen molar-refractivity contribution in [3.05, 3.63) is 99.5 Å². The summed E-state index contributed by atoms with van der Waals surface area (Å²) < 4.78 is 5.80. The molecule has 2 nitrogen and oxygen atoms in total. The van der Waals surface area contributed by atoms with Crippen molar-refractivity contribution in [2.75, 3.05) is 6.54 Å². The van der Waals surface area contributed by atoms with E-state index in [0.29, 0.717) is 27.4 Å². The molecule has 3 rings (SSSR count). The minimum atomic E-state index is 0.427. The van der Waals surface area contributed by atoms with Gasteiger partial charge in [0.15, 0.2) is 0 Å². The zero-order chi connectivity index (χ0) is 19.1. The maximum Gasteiger partial charge on any atom is 0.138 e. The van der Waals surface area contributed by atoms with Gasteiger partial charge in [0.05, 0.1) is 5.02 Å². The predicted octanol–water partition coefficient (Wildman–Crippen LogP) is 6.08. The van der Waals surface area contributed by atoms with Crippen LogP contribution in [0, 0.1) is 0 Å². The fraction of sp³-hybridized carbons (Fsp3) is 0.136. The quantitative estimate of drug-likeness (QED) is 0.472. The van der Waals surface area contributed by atoms with E-state index in [2.05, 4.69) is 17.4 Å². The minimum absolute atomic E-state index is 0.427. The van der Waals surface area contributed by atoms with Gasteiger partial charge in [0.2, 0.25) is 0 Å². The third-order valence-corrected chi connectivity index (χ3v) is 4.97. The van der Waals surface area contributed by atoms with Gasteiger partial charge in [-0.15, -0.1) is 0 Å². The largest absolute Gasteiger partial charge is 0.487 e. The van der Waals surface area contributed by atoms with Gasteiger partial charge in [0.25, 0.3) is 0 Å². The summed E-state index contributed by atoms with van der Waals surface area (Å²) in [5.74, 6) is 0.627. The van der Waals surface area contributed by atoms with Crippen LogP contribution in [0.5, 0.6) is 5.75 Å². The van der Waals surface area contributed by atoms with Crippen molar-refractivity contribution in [3.8, 4) is 5.75 Å². The first-order valence-electron chi connectivity index (χ1n) is 8.61. The fourth-order valence-electron chi connectivity index (χ4n) is 2.57. The van der Waals surface area contributed by atoms with Crippen LogP contribution in [-0.2, 0) is 13.0 Å². The Morgan fingerprint density at radius 3 is 2.33 bits per heavy atom. The molecule has 1 N–H and O–H groups in total. The number of thiocarbonyl (C=S) groups is 1. The van der Waals surface area contributed by atoms with Crippen LogP contribution in [-0.4, -0.2) is 11.5 Å². The lowest BCUT2D eigenvalue weighted by atomic mass is 10.1. The smallest absolute Gasteiger partial charge is 0.138 e. The van der Waals surface area contributed by atoms with Crippen LogP contribution in [0.4, 0.5) is 0 Å². The van der Waals surface area contributed by atoms with Crippen molar-refractivity contribution >= 4 is 40.4 Å². The van der Waals surface area contributed by atoms with E-state index in [-0.39, 0.29) is 0 Å². The monoisotopic (exact) mass is 415 g/mol. The lowest BCUT2D eigenvalue weighted by Crippen LogP contribution is -2.24. The maximum absolute atomic E-state index is 6.36. The van der Waals surface area contributed by atoms with Gasteiger partial charge in [0.1, 0.15) is 17.3 Å². The number of hydrogen-bond donors (Lipinski definition) is 1.